The molecule has 1 aliphatic rings. The lowest BCUT2D eigenvalue weighted by molar-refractivity contribution is -0.387. The molecule has 0 spiro atoms. The van der Waals surface area contributed by atoms with E-state index >= 15 is 0 Å². The van der Waals surface area contributed by atoms with Crippen LogP contribution in [0.2, 0.25) is 0 Å². The van der Waals surface area contributed by atoms with Gasteiger partial charge in [0.1, 0.15) is 11.4 Å². The number of nitro benzene ring substituents is 1. The number of hydrogen-bond acceptors (Lipinski definition) is 4. The van der Waals surface area contributed by atoms with Crippen LogP contribution in [0.4, 0.5) is 14.5 Å². The van der Waals surface area contributed by atoms with E-state index in [1.807, 2.05) is 0 Å². The Morgan fingerprint density at radius 3 is 2.65 bits per heavy atom. The Morgan fingerprint density at radius 2 is 2.10 bits per heavy atom. The lowest BCUT2D eigenvalue weighted by atomic mass is 9.83. The predicted molar refractivity (Wildman–Crippen MR) is 65.3 cm³/mol. The molecule has 0 amide bonds. The molecule has 1 aromatic carbocycles. The van der Waals surface area contributed by atoms with Gasteiger partial charge in [0.15, 0.2) is 0 Å². The van der Waals surface area contributed by atoms with Gasteiger partial charge in [-0.05, 0) is 18.4 Å². The van der Waals surface area contributed by atoms with E-state index in [4.69, 9.17) is 4.74 Å². The summed E-state index contributed by atoms with van der Waals surface area (Å²) in [4.78, 5) is 21.1. The molecule has 1 fully saturated rings. The summed E-state index contributed by atoms with van der Waals surface area (Å²) in [5.41, 5.74) is -1.82. The highest BCUT2D eigenvalue weighted by Crippen LogP contribution is 2.29. The molecule has 0 saturated heterocycles. The highest BCUT2D eigenvalue weighted by molar-refractivity contribution is 5.90. The summed E-state index contributed by atoms with van der Waals surface area (Å²) >= 11 is 0. The van der Waals surface area contributed by atoms with Gasteiger partial charge in [0.05, 0.1) is 17.6 Å². The zero-order chi connectivity index (χ0) is 14.7. The third-order valence-corrected chi connectivity index (χ3v) is 3.42. The average molecular weight is 285 g/mol. The van der Waals surface area contributed by atoms with Crippen molar-refractivity contribution >= 4 is 11.7 Å². The number of carbonyl (C=O) groups excluding carboxylic acids is 1. The van der Waals surface area contributed by atoms with E-state index in [0.29, 0.717) is 24.5 Å². The van der Waals surface area contributed by atoms with Crippen LogP contribution in [0, 0.1) is 27.7 Å². The molecule has 0 radical (unpaired) electrons. The lowest BCUT2D eigenvalue weighted by Crippen LogP contribution is -2.16. The van der Waals surface area contributed by atoms with Crippen LogP contribution in [0.3, 0.4) is 0 Å². The Labute approximate surface area is 113 Å². The summed E-state index contributed by atoms with van der Waals surface area (Å²) in [6, 6.07) is 1.04. The van der Waals surface area contributed by atoms with Crippen molar-refractivity contribution in [3.63, 3.8) is 0 Å². The van der Waals surface area contributed by atoms with Crippen LogP contribution < -0.4 is 0 Å². The van der Waals surface area contributed by atoms with Gasteiger partial charge in [-0.25, -0.2) is 9.18 Å². The first kappa shape index (κ1) is 14.4. The fourth-order valence-electron chi connectivity index (χ4n) is 2.03. The van der Waals surface area contributed by atoms with Gasteiger partial charge in [-0.2, -0.15) is 4.39 Å². The van der Waals surface area contributed by atoms with E-state index in [9.17, 15) is 23.7 Å². The molecule has 0 heterocycles. The molecule has 0 atom stereocenters. The second-order valence-corrected chi connectivity index (χ2v) is 4.77. The van der Waals surface area contributed by atoms with Crippen LogP contribution in [0.15, 0.2) is 12.1 Å². The molecule has 20 heavy (non-hydrogen) atoms. The number of esters is 1. The number of ether oxygens (including phenoxy) is 1. The molecule has 0 unspecified atom stereocenters. The summed E-state index contributed by atoms with van der Waals surface area (Å²) < 4.78 is 31.7. The Balaban J connectivity index is 2.06. The lowest BCUT2D eigenvalue weighted by Gasteiger charge is -2.24. The predicted octanol–water partition coefficient (Wildman–Crippen LogP) is 3.22. The van der Waals surface area contributed by atoms with E-state index in [1.165, 1.54) is 0 Å². The molecule has 0 bridgehead atoms. The van der Waals surface area contributed by atoms with Crippen molar-refractivity contribution in [2.24, 2.45) is 5.92 Å². The Kier molecular flexibility index (Phi) is 4.26. The molecule has 1 aromatic rings. The van der Waals surface area contributed by atoms with Crippen LogP contribution >= 0.6 is 0 Å². The molecule has 1 saturated carbocycles. The molecular formula is C13H13F2NO4. The molecule has 5 nitrogen and oxygen atoms in total. The number of rotatable bonds is 5. The fourth-order valence-corrected chi connectivity index (χ4v) is 2.03. The quantitative estimate of drug-likeness (QED) is 0.473. The standard InChI is InChI=1S/C13H13F2NO4/c14-9-6-10(12(15)11(7-9)16(18)19)13(17)20-5-4-8-2-1-3-8/h6-8H,1-5H2. The molecular weight excluding hydrogens is 272 g/mol. The Bertz CT molecular complexity index is 543. The third-order valence-electron chi connectivity index (χ3n) is 3.42. The van der Waals surface area contributed by atoms with Crippen molar-refractivity contribution in [2.75, 3.05) is 6.61 Å². The highest BCUT2D eigenvalue weighted by Gasteiger charge is 2.25. The van der Waals surface area contributed by atoms with Crippen LogP contribution in [0.1, 0.15) is 36.0 Å². The summed E-state index contributed by atoms with van der Waals surface area (Å²) in [5, 5.41) is 10.5. The maximum absolute atomic E-state index is 13.7. The maximum Gasteiger partial charge on any atom is 0.341 e. The van der Waals surface area contributed by atoms with Crippen LogP contribution in [0.5, 0.6) is 0 Å². The number of halogens is 2. The van der Waals surface area contributed by atoms with Crippen LogP contribution in [-0.4, -0.2) is 17.5 Å². The van der Waals surface area contributed by atoms with Crippen molar-refractivity contribution in [1.29, 1.82) is 0 Å². The largest absolute Gasteiger partial charge is 0.462 e. The van der Waals surface area contributed by atoms with Gasteiger partial charge in [-0.3, -0.25) is 10.1 Å². The van der Waals surface area contributed by atoms with Gasteiger partial charge < -0.3 is 4.74 Å². The average Bonchev–Trinajstić information content (AvgIpc) is 2.34. The first-order valence-corrected chi connectivity index (χ1v) is 6.29. The zero-order valence-electron chi connectivity index (χ0n) is 10.6. The minimum absolute atomic E-state index is 0.104. The Morgan fingerprint density at radius 1 is 1.40 bits per heavy atom. The summed E-state index contributed by atoms with van der Waals surface area (Å²) in [5.74, 6) is -2.99. The molecule has 7 heteroatoms. The SMILES string of the molecule is O=C(OCCC1CCC1)c1cc(F)cc([N+](=O)[O-])c1F. The van der Waals surface area contributed by atoms with Gasteiger partial charge in [-0.1, -0.05) is 19.3 Å². The first-order valence-electron chi connectivity index (χ1n) is 6.29. The summed E-state index contributed by atoms with van der Waals surface area (Å²) in [7, 11) is 0. The number of nitrogens with zero attached hydrogens (tertiary/aromatic N) is 1. The zero-order valence-corrected chi connectivity index (χ0v) is 10.6. The van der Waals surface area contributed by atoms with E-state index in [1.54, 1.807) is 0 Å². The fraction of sp³-hybridized carbons (Fsp3) is 0.462. The third kappa shape index (κ3) is 3.09. The Hall–Kier alpha value is -2.05. The van der Waals surface area contributed by atoms with Gasteiger partial charge in [0.2, 0.25) is 5.82 Å². The topological polar surface area (TPSA) is 69.4 Å². The van der Waals surface area contributed by atoms with Crippen LogP contribution in [-0.2, 0) is 4.74 Å². The van der Waals surface area contributed by atoms with Gasteiger partial charge in [0, 0.05) is 0 Å². The molecule has 0 aliphatic heterocycles. The number of carbonyl (C=O) groups is 1. The number of benzene rings is 1. The summed E-state index contributed by atoms with van der Waals surface area (Å²) in [6.07, 6.45) is 3.99. The van der Waals surface area contributed by atoms with Crippen molar-refractivity contribution in [1.82, 2.24) is 0 Å². The van der Waals surface area contributed by atoms with E-state index in [0.717, 1.165) is 19.3 Å². The van der Waals surface area contributed by atoms with Crippen molar-refractivity contribution in [2.45, 2.75) is 25.7 Å². The molecule has 1 aliphatic carbocycles. The van der Waals surface area contributed by atoms with Gasteiger partial charge >= 0.3 is 11.7 Å². The van der Waals surface area contributed by atoms with Crippen molar-refractivity contribution in [3.8, 4) is 0 Å². The van der Waals surface area contributed by atoms with Gasteiger partial charge in [-0.15, -0.1) is 0 Å². The monoisotopic (exact) mass is 285 g/mol. The van der Waals surface area contributed by atoms with Crippen LogP contribution in [0.25, 0.3) is 0 Å². The number of hydrogen-bond donors (Lipinski definition) is 0. The van der Waals surface area contributed by atoms with E-state index in [2.05, 4.69) is 0 Å². The summed E-state index contributed by atoms with van der Waals surface area (Å²) in [6.45, 7) is 0.104. The first-order chi connectivity index (χ1) is 9.49. The van der Waals surface area contributed by atoms with E-state index in [-0.39, 0.29) is 6.61 Å². The van der Waals surface area contributed by atoms with Crippen molar-refractivity contribution < 1.29 is 23.2 Å². The minimum atomic E-state index is -1.37. The minimum Gasteiger partial charge on any atom is -0.462 e. The highest BCUT2D eigenvalue weighted by atomic mass is 19.1. The maximum atomic E-state index is 13.7. The molecule has 2 rings (SSSR count). The normalized spacial score (nSPS) is 14.7. The molecule has 0 aromatic heterocycles. The second kappa shape index (κ2) is 5.94. The second-order valence-electron chi connectivity index (χ2n) is 4.77. The van der Waals surface area contributed by atoms with Crippen molar-refractivity contribution in [3.05, 3.63) is 39.4 Å². The smallest absolute Gasteiger partial charge is 0.341 e. The molecule has 108 valence electrons. The van der Waals surface area contributed by atoms with Gasteiger partial charge in [0.25, 0.3) is 0 Å². The van der Waals surface area contributed by atoms with E-state index < -0.39 is 33.8 Å². The number of nitro groups is 1. The molecule has 0 N–H and O–H groups in total.